The van der Waals surface area contributed by atoms with Crippen LogP contribution in [0.4, 0.5) is 0 Å². The second-order valence-corrected chi connectivity index (χ2v) is 2.13. The van der Waals surface area contributed by atoms with Crippen molar-refractivity contribution in [1.82, 2.24) is 9.78 Å². The first-order chi connectivity index (χ1) is 5.65. The van der Waals surface area contributed by atoms with Gasteiger partial charge in [0.2, 0.25) is 0 Å². The van der Waals surface area contributed by atoms with E-state index in [0.29, 0.717) is 12.0 Å². The summed E-state index contributed by atoms with van der Waals surface area (Å²) in [5, 5.41) is 2.53. The molecule has 68 valence electrons. The van der Waals surface area contributed by atoms with Crippen LogP contribution < -0.4 is 5.56 Å². The summed E-state index contributed by atoms with van der Waals surface area (Å²) in [6, 6.07) is 1.24. The van der Waals surface area contributed by atoms with Crippen LogP contribution in [-0.2, 0) is 11.8 Å². The third kappa shape index (κ3) is 3.16. The Labute approximate surface area is 69.9 Å². The summed E-state index contributed by atoms with van der Waals surface area (Å²) < 4.78 is 5.49. The Morgan fingerprint density at radius 2 is 2.08 bits per heavy atom. The fraction of sp³-hybridized carbons (Fsp3) is 0.429. The Morgan fingerprint density at radius 1 is 1.58 bits per heavy atom. The lowest BCUT2D eigenvalue weighted by atomic mass is 10.5. The highest BCUT2D eigenvalue weighted by Gasteiger charge is 1.94. The number of hydrogen-bond donors (Lipinski definition) is 1. The van der Waals surface area contributed by atoms with Gasteiger partial charge in [0.1, 0.15) is 0 Å². The molecule has 5 nitrogen and oxygen atoms in total. The highest BCUT2D eigenvalue weighted by molar-refractivity contribution is 5.71. The molecule has 0 unspecified atom stereocenters. The molecule has 0 bridgehead atoms. The van der Waals surface area contributed by atoms with Crippen LogP contribution in [0.15, 0.2) is 10.9 Å². The molecule has 0 amide bonds. The van der Waals surface area contributed by atoms with Crippen LogP contribution in [0.2, 0.25) is 0 Å². The number of nitrogens with one attached hydrogen (secondary N) is 1. The standard InChI is InChI=1S/C5H6N2O2.C2H6O/c1-7-5(9)2-4(3-8)6-7;1-3-2/h2-3,6H,1H3;1-2H3. The Morgan fingerprint density at radius 3 is 2.25 bits per heavy atom. The molecule has 1 aromatic heterocycles. The summed E-state index contributed by atoms with van der Waals surface area (Å²) in [5.74, 6) is 0. The third-order valence-electron chi connectivity index (χ3n) is 1.03. The molecule has 0 saturated heterocycles. The van der Waals surface area contributed by atoms with Crippen molar-refractivity contribution in [2.75, 3.05) is 14.2 Å². The molecule has 1 rings (SSSR count). The summed E-state index contributed by atoms with van der Waals surface area (Å²) in [6.45, 7) is 0. The zero-order valence-corrected chi connectivity index (χ0v) is 7.33. The van der Waals surface area contributed by atoms with Gasteiger partial charge in [0.15, 0.2) is 6.29 Å². The Hall–Kier alpha value is -1.36. The molecule has 0 fully saturated rings. The predicted octanol–water partition coefficient (Wildman–Crippen LogP) is -0.212. The molecule has 1 N–H and O–H groups in total. The summed E-state index contributed by atoms with van der Waals surface area (Å²) >= 11 is 0. The van der Waals surface area contributed by atoms with Crippen molar-refractivity contribution in [3.05, 3.63) is 22.1 Å². The van der Waals surface area contributed by atoms with E-state index in [1.165, 1.54) is 10.7 Å². The van der Waals surface area contributed by atoms with Crippen LogP contribution in [0.3, 0.4) is 0 Å². The zero-order chi connectivity index (χ0) is 9.56. The molecule has 0 aliphatic rings. The minimum absolute atomic E-state index is 0.197. The lowest BCUT2D eigenvalue weighted by molar-refractivity contribution is 0.111. The molecule has 1 heterocycles. The number of methoxy groups -OCH3 is 1. The fourth-order valence-electron chi connectivity index (χ4n) is 0.571. The van der Waals surface area contributed by atoms with Gasteiger partial charge in [0, 0.05) is 27.3 Å². The molecular formula is C7H12N2O3. The average molecular weight is 172 g/mol. The third-order valence-corrected chi connectivity index (χ3v) is 1.03. The van der Waals surface area contributed by atoms with Crippen LogP contribution in [0.1, 0.15) is 10.5 Å². The van der Waals surface area contributed by atoms with E-state index in [1.54, 1.807) is 21.3 Å². The first-order valence-corrected chi connectivity index (χ1v) is 3.27. The quantitative estimate of drug-likeness (QED) is 0.596. The smallest absolute Gasteiger partial charge is 0.266 e. The Kier molecular flexibility index (Phi) is 4.71. The number of ether oxygens (including phenoxy) is 1. The van der Waals surface area contributed by atoms with E-state index in [2.05, 4.69) is 9.84 Å². The van der Waals surface area contributed by atoms with Gasteiger partial charge in [-0.2, -0.15) is 0 Å². The van der Waals surface area contributed by atoms with Gasteiger partial charge in [0.25, 0.3) is 5.56 Å². The van der Waals surface area contributed by atoms with Gasteiger partial charge in [-0.05, 0) is 0 Å². The van der Waals surface area contributed by atoms with Crippen molar-refractivity contribution in [2.45, 2.75) is 0 Å². The molecule has 5 heteroatoms. The van der Waals surface area contributed by atoms with Gasteiger partial charge < -0.3 is 4.74 Å². The fourth-order valence-corrected chi connectivity index (χ4v) is 0.571. The molecule has 1 aromatic rings. The van der Waals surface area contributed by atoms with Crippen molar-refractivity contribution >= 4 is 6.29 Å². The van der Waals surface area contributed by atoms with Gasteiger partial charge in [0.05, 0.1) is 5.69 Å². The normalized spacial score (nSPS) is 8.58. The monoisotopic (exact) mass is 172 g/mol. The maximum Gasteiger partial charge on any atom is 0.266 e. The minimum Gasteiger partial charge on any atom is -0.388 e. The highest BCUT2D eigenvalue weighted by atomic mass is 16.4. The van der Waals surface area contributed by atoms with Crippen LogP contribution in [-0.4, -0.2) is 30.3 Å². The van der Waals surface area contributed by atoms with Crippen LogP contribution in [0.25, 0.3) is 0 Å². The van der Waals surface area contributed by atoms with E-state index >= 15 is 0 Å². The molecule has 12 heavy (non-hydrogen) atoms. The number of aromatic amines is 1. The van der Waals surface area contributed by atoms with E-state index in [9.17, 15) is 9.59 Å². The summed E-state index contributed by atoms with van der Waals surface area (Å²) in [7, 11) is 4.80. The number of H-pyrrole nitrogens is 1. The van der Waals surface area contributed by atoms with Crippen molar-refractivity contribution in [2.24, 2.45) is 7.05 Å². The number of rotatable bonds is 1. The average Bonchev–Trinajstić information content (AvgIpc) is 2.33. The van der Waals surface area contributed by atoms with E-state index in [4.69, 9.17) is 0 Å². The Balaban J connectivity index is 0.000000354. The zero-order valence-electron chi connectivity index (χ0n) is 7.33. The molecule has 0 radical (unpaired) electrons. The van der Waals surface area contributed by atoms with Gasteiger partial charge >= 0.3 is 0 Å². The predicted molar refractivity (Wildman–Crippen MR) is 44.4 cm³/mol. The second kappa shape index (κ2) is 5.31. The first kappa shape index (κ1) is 10.6. The summed E-state index contributed by atoms with van der Waals surface area (Å²) in [5.41, 5.74) is 0.111. The van der Waals surface area contributed by atoms with Gasteiger partial charge in [-0.1, -0.05) is 0 Å². The summed E-state index contributed by atoms with van der Waals surface area (Å²) in [4.78, 5) is 20.6. The lowest BCUT2D eigenvalue weighted by Crippen LogP contribution is -2.09. The van der Waals surface area contributed by atoms with Crippen molar-refractivity contribution in [1.29, 1.82) is 0 Å². The van der Waals surface area contributed by atoms with Gasteiger partial charge in [-0.3, -0.25) is 19.4 Å². The number of nitrogens with zero attached hydrogens (tertiary/aromatic N) is 1. The molecule has 0 spiro atoms. The number of carbonyl (C=O) groups is 1. The molecule has 0 aromatic carbocycles. The van der Waals surface area contributed by atoms with E-state index in [-0.39, 0.29) is 5.56 Å². The van der Waals surface area contributed by atoms with Crippen LogP contribution >= 0.6 is 0 Å². The van der Waals surface area contributed by atoms with Crippen molar-refractivity contribution < 1.29 is 9.53 Å². The lowest BCUT2D eigenvalue weighted by Gasteiger charge is -1.82. The number of aldehydes is 1. The van der Waals surface area contributed by atoms with Crippen LogP contribution in [0, 0.1) is 0 Å². The maximum absolute atomic E-state index is 10.6. The SMILES string of the molecule is COC.Cn1[nH]c(C=O)cc1=O. The number of hydrogen-bond acceptors (Lipinski definition) is 3. The molecule has 0 saturated carbocycles. The van der Waals surface area contributed by atoms with Crippen LogP contribution in [0.5, 0.6) is 0 Å². The van der Waals surface area contributed by atoms with E-state index < -0.39 is 0 Å². The maximum atomic E-state index is 10.6. The number of aryl methyl sites for hydroxylation is 1. The largest absolute Gasteiger partial charge is 0.388 e. The second-order valence-electron chi connectivity index (χ2n) is 2.13. The number of carbonyl (C=O) groups excluding carboxylic acids is 1. The molecular weight excluding hydrogens is 160 g/mol. The van der Waals surface area contributed by atoms with E-state index in [0.717, 1.165) is 0 Å². The number of aromatic nitrogens is 2. The summed E-state index contributed by atoms with van der Waals surface area (Å²) in [6.07, 6.45) is 0.599. The van der Waals surface area contributed by atoms with E-state index in [1.807, 2.05) is 0 Å². The van der Waals surface area contributed by atoms with Gasteiger partial charge in [-0.15, -0.1) is 0 Å². The highest BCUT2D eigenvalue weighted by Crippen LogP contribution is 1.79. The molecule has 0 atom stereocenters. The topological polar surface area (TPSA) is 64.1 Å². The molecule has 0 aliphatic heterocycles. The Bertz CT molecular complexity index is 287. The molecule has 0 aliphatic carbocycles. The van der Waals surface area contributed by atoms with Crippen molar-refractivity contribution in [3.8, 4) is 0 Å². The minimum atomic E-state index is -0.197. The van der Waals surface area contributed by atoms with Crippen molar-refractivity contribution in [3.63, 3.8) is 0 Å². The first-order valence-electron chi connectivity index (χ1n) is 3.27. The van der Waals surface area contributed by atoms with Gasteiger partial charge in [-0.25, -0.2) is 0 Å².